The van der Waals surface area contributed by atoms with Gasteiger partial charge in [-0.15, -0.1) is 0 Å². The van der Waals surface area contributed by atoms with E-state index in [9.17, 15) is 4.79 Å². The van der Waals surface area contributed by atoms with Crippen molar-refractivity contribution in [2.75, 3.05) is 0 Å². The van der Waals surface area contributed by atoms with E-state index in [1.807, 2.05) is 30.3 Å². The number of benzene rings is 2. The number of hydrogen-bond acceptors (Lipinski definition) is 2. The Labute approximate surface area is 183 Å². The van der Waals surface area contributed by atoms with Crippen LogP contribution in [0.15, 0.2) is 53.3 Å². The molecule has 1 saturated carbocycles. The van der Waals surface area contributed by atoms with Crippen molar-refractivity contribution in [1.29, 1.82) is 0 Å². The zero-order valence-electron chi connectivity index (χ0n) is 17.7. The summed E-state index contributed by atoms with van der Waals surface area (Å²) in [4.78, 5) is 18.2. The number of pyridine rings is 1. The number of aryl methyl sites for hydroxylation is 2. The van der Waals surface area contributed by atoms with Crippen molar-refractivity contribution < 1.29 is 0 Å². The molecule has 3 aromatic rings. The minimum atomic E-state index is -0.0265. The van der Waals surface area contributed by atoms with Crippen molar-refractivity contribution in [3.8, 4) is 0 Å². The average molecular weight is 420 g/mol. The summed E-state index contributed by atoms with van der Waals surface area (Å²) < 4.78 is 0. The number of H-pyrrole nitrogens is 1. The van der Waals surface area contributed by atoms with Crippen molar-refractivity contribution in [2.45, 2.75) is 58.7 Å². The molecular weight excluding hydrogens is 390 g/mol. The van der Waals surface area contributed by atoms with Crippen LogP contribution in [0.5, 0.6) is 0 Å². The fraction of sp³-hybridized carbons (Fsp3) is 0.360. The number of rotatable bonds is 5. The second-order valence-corrected chi connectivity index (χ2v) is 8.76. The number of thiocarbonyl (C=S) groups is 1. The highest BCUT2D eigenvalue weighted by Gasteiger charge is 2.25. The van der Waals surface area contributed by atoms with Crippen LogP contribution >= 0.6 is 12.2 Å². The van der Waals surface area contributed by atoms with E-state index in [0.29, 0.717) is 19.1 Å². The Hall–Kier alpha value is -2.66. The largest absolute Gasteiger partial charge is 0.358 e. The zero-order valence-corrected chi connectivity index (χ0v) is 18.5. The maximum absolute atomic E-state index is 12.9. The molecule has 0 amide bonds. The molecule has 1 aliphatic carbocycles. The molecule has 0 saturated heterocycles. The van der Waals surface area contributed by atoms with E-state index >= 15 is 0 Å². The monoisotopic (exact) mass is 419 g/mol. The molecule has 0 aliphatic heterocycles. The molecule has 4 nitrogen and oxygen atoms in total. The van der Waals surface area contributed by atoms with Crippen LogP contribution in [0.2, 0.25) is 0 Å². The molecule has 5 heteroatoms. The molecule has 30 heavy (non-hydrogen) atoms. The Kier molecular flexibility index (Phi) is 6.18. The lowest BCUT2D eigenvalue weighted by molar-refractivity contribution is 0.302. The summed E-state index contributed by atoms with van der Waals surface area (Å²) >= 11 is 5.79. The minimum absolute atomic E-state index is 0.0265. The molecular formula is C25H29N3OS. The Morgan fingerprint density at radius 3 is 2.60 bits per heavy atom. The Bertz CT molecular complexity index is 1100. The highest BCUT2D eigenvalue weighted by Crippen LogP contribution is 2.26. The lowest BCUT2D eigenvalue weighted by Gasteiger charge is -2.31. The van der Waals surface area contributed by atoms with Crippen LogP contribution in [-0.2, 0) is 13.1 Å². The maximum Gasteiger partial charge on any atom is 0.253 e. The maximum atomic E-state index is 12.9. The van der Waals surface area contributed by atoms with Gasteiger partial charge >= 0.3 is 0 Å². The van der Waals surface area contributed by atoms with Crippen LogP contribution in [0.3, 0.4) is 0 Å². The van der Waals surface area contributed by atoms with E-state index in [0.717, 1.165) is 40.0 Å². The van der Waals surface area contributed by atoms with Crippen LogP contribution < -0.4 is 10.9 Å². The summed E-state index contributed by atoms with van der Waals surface area (Å²) in [6.45, 7) is 5.37. The molecule has 2 aromatic carbocycles. The third kappa shape index (κ3) is 4.57. The predicted octanol–water partition coefficient (Wildman–Crippen LogP) is 4.96. The highest BCUT2D eigenvalue weighted by molar-refractivity contribution is 7.80. The van der Waals surface area contributed by atoms with Crippen LogP contribution in [0, 0.1) is 13.8 Å². The predicted molar refractivity (Wildman–Crippen MR) is 128 cm³/mol. The number of nitrogens with one attached hydrogen (secondary N) is 2. The number of aromatic amines is 1. The summed E-state index contributed by atoms with van der Waals surface area (Å²) in [6.07, 6.45) is 4.68. The molecule has 0 atom stereocenters. The van der Waals surface area contributed by atoms with Crippen LogP contribution in [-0.4, -0.2) is 21.0 Å². The van der Waals surface area contributed by atoms with E-state index in [4.69, 9.17) is 12.2 Å². The van der Waals surface area contributed by atoms with Crippen molar-refractivity contribution >= 4 is 28.2 Å². The van der Waals surface area contributed by atoms with E-state index in [1.165, 1.54) is 24.0 Å². The van der Waals surface area contributed by atoms with E-state index in [1.54, 1.807) is 0 Å². The van der Waals surface area contributed by atoms with E-state index in [-0.39, 0.29) is 5.56 Å². The topological polar surface area (TPSA) is 48.1 Å². The Morgan fingerprint density at radius 2 is 1.87 bits per heavy atom. The third-order valence-corrected chi connectivity index (χ3v) is 6.42. The lowest BCUT2D eigenvalue weighted by Crippen LogP contribution is -2.45. The lowest BCUT2D eigenvalue weighted by atomic mass is 10.0. The molecule has 0 bridgehead atoms. The molecule has 1 fully saturated rings. The first-order valence-corrected chi connectivity index (χ1v) is 11.1. The summed E-state index contributed by atoms with van der Waals surface area (Å²) in [6, 6.07) is 16.9. The first-order valence-electron chi connectivity index (χ1n) is 10.7. The molecule has 0 radical (unpaired) electrons. The van der Waals surface area contributed by atoms with Gasteiger partial charge in [-0.1, -0.05) is 49.2 Å². The van der Waals surface area contributed by atoms with Gasteiger partial charge in [-0.2, -0.15) is 0 Å². The van der Waals surface area contributed by atoms with Gasteiger partial charge in [-0.25, -0.2) is 0 Å². The fourth-order valence-corrected chi connectivity index (χ4v) is 4.76. The van der Waals surface area contributed by atoms with E-state index in [2.05, 4.69) is 47.2 Å². The van der Waals surface area contributed by atoms with Crippen LogP contribution in [0.4, 0.5) is 0 Å². The smallest absolute Gasteiger partial charge is 0.253 e. The fourth-order valence-electron chi connectivity index (χ4n) is 4.47. The van der Waals surface area contributed by atoms with Crippen molar-refractivity contribution in [3.63, 3.8) is 0 Å². The minimum Gasteiger partial charge on any atom is -0.358 e. The van der Waals surface area contributed by atoms with Gasteiger partial charge in [0.15, 0.2) is 5.11 Å². The normalized spacial score (nSPS) is 14.2. The quantitative estimate of drug-likeness (QED) is 0.574. The second-order valence-electron chi connectivity index (χ2n) is 8.38. The van der Waals surface area contributed by atoms with Gasteiger partial charge in [-0.3, -0.25) is 4.79 Å². The number of aromatic nitrogens is 1. The number of fused-ring (bicyclic) bond motifs is 1. The summed E-state index contributed by atoms with van der Waals surface area (Å²) in [5.41, 5.74) is 5.17. The summed E-state index contributed by atoms with van der Waals surface area (Å²) in [7, 11) is 0. The van der Waals surface area contributed by atoms with Crippen molar-refractivity contribution in [1.82, 2.24) is 15.2 Å². The molecule has 1 heterocycles. The molecule has 0 spiro atoms. The molecule has 2 N–H and O–H groups in total. The Morgan fingerprint density at radius 1 is 1.13 bits per heavy atom. The van der Waals surface area contributed by atoms with Gasteiger partial charge in [-0.05, 0) is 67.7 Å². The number of nitrogens with zero attached hydrogens (tertiary/aromatic N) is 1. The first kappa shape index (κ1) is 20.6. The first-order chi connectivity index (χ1) is 14.5. The number of hydrogen-bond donors (Lipinski definition) is 2. The standard InChI is InChI=1S/C25H29N3OS/c1-17-12-18(2)22-14-20(24(29)27-23(22)13-17)16-28(21-10-6-7-11-21)25(30)26-15-19-8-4-3-5-9-19/h3-5,8-9,12-14,21H,6-7,10-11,15-16H2,1-2H3,(H,26,30)(H,27,29). The van der Waals surface area contributed by atoms with Gasteiger partial charge in [0.05, 0.1) is 6.54 Å². The summed E-state index contributed by atoms with van der Waals surface area (Å²) in [5, 5.41) is 5.25. The van der Waals surface area contributed by atoms with Crippen LogP contribution in [0.25, 0.3) is 10.9 Å². The van der Waals surface area contributed by atoms with Gasteiger partial charge in [0.25, 0.3) is 5.56 Å². The van der Waals surface area contributed by atoms with Gasteiger partial charge in [0, 0.05) is 29.1 Å². The van der Waals surface area contributed by atoms with Gasteiger partial charge in [0.1, 0.15) is 0 Å². The Balaban J connectivity index is 1.59. The highest BCUT2D eigenvalue weighted by atomic mass is 32.1. The zero-order chi connectivity index (χ0) is 21.1. The van der Waals surface area contributed by atoms with Gasteiger partial charge < -0.3 is 15.2 Å². The molecule has 1 aliphatic rings. The SMILES string of the molecule is Cc1cc(C)c2cc(CN(C(=S)NCc3ccccc3)C3CCCC3)c(=O)[nH]c2c1. The third-order valence-electron chi connectivity index (χ3n) is 6.04. The molecule has 4 rings (SSSR count). The van der Waals surface area contributed by atoms with Crippen LogP contribution in [0.1, 0.15) is 47.9 Å². The molecule has 1 aromatic heterocycles. The van der Waals surface area contributed by atoms with Crippen molar-refractivity contribution in [2.24, 2.45) is 0 Å². The van der Waals surface area contributed by atoms with E-state index < -0.39 is 0 Å². The molecule has 0 unspecified atom stereocenters. The average Bonchev–Trinajstić information content (AvgIpc) is 3.26. The van der Waals surface area contributed by atoms with Crippen molar-refractivity contribution in [3.05, 3.63) is 81.1 Å². The molecule has 156 valence electrons. The second kappa shape index (κ2) is 9.00. The summed E-state index contributed by atoms with van der Waals surface area (Å²) in [5.74, 6) is 0. The van der Waals surface area contributed by atoms with Gasteiger partial charge in [0.2, 0.25) is 0 Å².